The zero-order chi connectivity index (χ0) is 22.8. The normalized spacial score (nSPS) is 14.2. The van der Waals surface area contributed by atoms with E-state index in [1.54, 1.807) is 19.9 Å². The lowest BCUT2D eigenvalue weighted by atomic mass is 10.1. The zero-order valence-corrected chi connectivity index (χ0v) is 18.0. The van der Waals surface area contributed by atoms with E-state index in [1.807, 2.05) is 30.3 Å². The molecule has 3 aromatic rings. The number of nitrogens with zero attached hydrogens (tertiary/aromatic N) is 2. The van der Waals surface area contributed by atoms with Crippen LogP contribution in [0, 0.1) is 0 Å². The molecule has 1 unspecified atom stereocenters. The molecule has 1 aliphatic rings. The lowest BCUT2D eigenvalue weighted by Gasteiger charge is -2.16. The Balaban J connectivity index is 1.62. The number of fused-ring (bicyclic) bond motifs is 1. The summed E-state index contributed by atoms with van der Waals surface area (Å²) in [6.07, 6.45) is 1.88. The highest BCUT2D eigenvalue weighted by atomic mass is 16.2. The lowest BCUT2D eigenvalue weighted by molar-refractivity contribution is -0.122. The number of nitrogens with one attached hydrogen (secondary N) is 3. The van der Waals surface area contributed by atoms with Crippen molar-refractivity contribution >= 4 is 22.8 Å². The van der Waals surface area contributed by atoms with E-state index < -0.39 is 23.2 Å². The third kappa shape index (κ3) is 4.32. The number of carbonyl (C=O) groups is 2. The molecular formula is C23H25N5O4. The molecule has 4 rings (SSSR count). The molecule has 32 heavy (non-hydrogen) atoms. The van der Waals surface area contributed by atoms with Crippen molar-refractivity contribution in [1.29, 1.82) is 0 Å². The number of H-pyrrole nitrogens is 1. The Bertz CT molecular complexity index is 1290. The fourth-order valence-corrected chi connectivity index (χ4v) is 3.63. The second-order valence-corrected chi connectivity index (χ2v) is 7.97. The van der Waals surface area contributed by atoms with E-state index in [1.165, 1.54) is 4.57 Å². The highest BCUT2D eigenvalue weighted by molar-refractivity contribution is 6.06. The third-order valence-corrected chi connectivity index (χ3v) is 5.58. The SMILES string of the molecule is CCn1c(=O)[nH]c(=O)c2c(C(=O)NC(C)C(=O)NCc3ccccc3)cc(C3CC3)nc21. The highest BCUT2D eigenvalue weighted by Gasteiger charge is 2.29. The minimum absolute atomic E-state index is 0.0465. The van der Waals surface area contributed by atoms with Crippen LogP contribution < -0.4 is 21.9 Å². The molecule has 0 spiro atoms. The van der Waals surface area contributed by atoms with Crippen molar-refractivity contribution in [3.8, 4) is 0 Å². The van der Waals surface area contributed by atoms with Crippen LogP contribution in [0.15, 0.2) is 46.0 Å². The van der Waals surface area contributed by atoms with E-state index in [-0.39, 0.29) is 28.4 Å². The van der Waals surface area contributed by atoms with E-state index in [0.29, 0.717) is 18.8 Å². The van der Waals surface area contributed by atoms with Gasteiger partial charge in [0.2, 0.25) is 5.91 Å². The van der Waals surface area contributed by atoms with Crippen LogP contribution in [-0.2, 0) is 17.9 Å². The van der Waals surface area contributed by atoms with Gasteiger partial charge in [-0.05, 0) is 38.3 Å². The fourth-order valence-electron chi connectivity index (χ4n) is 3.63. The van der Waals surface area contributed by atoms with Crippen molar-refractivity contribution in [2.75, 3.05) is 0 Å². The van der Waals surface area contributed by atoms with Crippen molar-refractivity contribution in [1.82, 2.24) is 25.2 Å². The maximum absolute atomic E-state index is 13.1. The van der Waals surface area contributed by atoms with Crippen LogP contribution in [0.3, 0.4) is 0 Å². The quantitative estimate of drug-likeness (QED) is 0.517. The van der Waals surface area contributed by atoms with Gasteiger partial charge in [-0.2, -0.15) is 0 Å². The standard InChI is InChI=1S/C23H25N5O4/c1-3-28-19-18(22(31)27-23(28)32)16(11-17(26-19)15-9-10-15)21(30)25-13(2)20(29)24-12-14-7-5-4-6-8-14/h4-8,11,13,15H,3,9-10,12H2,1-2H3,(H,24,29)(H,25,30)(H,27,31,32). The Kier molecular flexibility index (Phi) is 5.89. The van der Waals surface area contributed by atoms with Crippen LogP contribution in [-0.4, -0.2) is 32.4 Å². The van der Waals surface area contributed by atoms with Crippen molar-refractivity contribution in [2.45, 2.75) is 51.7 Å². The van der Waals surface area contributed by atoms with Crippen LogP contribution in [0.2, 0.25) is 0 Å². The van der Waals surface area contributed by atoms with Gasteiger partial charge in [-0.1, -0.05) is 30.3 Å². The van der Waals surface area contributed by atoms with Crippen LogP contribution in [0.1, 0.15) is 54.2 Å². The Hall–Kier alpha value is -3.75. The van der Waals surface area contributed by atoms with Gasteiger partial charge in [0, 0.05) is 24.7 Å². The average Bonchev–Trinajstić information content (AvgIpc) is 3.63. The predicted octanol–water partition coefficient (Wildman–Crippen LogP) is 1.42. The first-order chi connectivity index (χ1) is 15.4. The largest absolute Gasteiger partial charge is 0.350 e. The fraction of sp³-hybridized carbons (Fsp3) is 0.348. The summed E-state index contributed by atoms with van der Waals surface area (Å²) in [5, 5.41) is 5.51. The molecule has 166 valence electrons. The number of aromatic amines is 1. The molecule has 1 saturated carbocycles. The van der Waals surface area contributed by atoms with E-state index >= 15 is 0 Å². The summed E-state index contributed by atoms with van der Waals surface area (Å²) < 4.78 is 1.34. The second-order valence-electron chi connectivity index (χ2n) is 7.97. The maximum atomic E-state index is 13.1. The molecule has 0 aliphatic heterocycles. The molecular weight excluding hydrogens is 410 g/mol. The smallest absolute Gasteiger partial charge is 0.329 e. The number of aromatic nitrogens is 3. The van der Waals surface area contributed by atoms with E-state index in [0.717, 1.165) is 18.4 Å². The number of benzene rings is 1. The van der Waals surface area contributed by atoms with Crippen molar-refractivity contribution in [3.05, 3.63) is 74.1 Å². The monoisotopic (exact) mass is 435 g/mol. The number of rotatable bonds is 7. The van der Waals surface area contributed by atoms with Crippen molar-refractivity contribution in [2.24, 2.45) is 0 Å². The summed E-state index contributed by atoms with van der Waals surface area (Å²) in [6, 6.07) is 10.2. The Morgan fingerprint density at radius 3 is 2.59 bits per heavy atom. The molecule has 1 fully saturated rings. The number of carbonyl (C=O) groups excluding carboxylic acids is 2. The summed E-state index contributed by atoms with van der Waals surface area (Å²) in [4.78, 5) is 57.2. The van der Waals surface area contributed by atoms with Crippen molar-refractivity contribution < 1.29 is 9.59 Å². The van der Waals surface area contributed by atoms with E-state index in [2.05, 4.69) is 20.6 Å². The minimum Gasteiger partial charge on any atom is -0.350 e. The van der Waals surface area contributed by atoms with E-state index in [4.69, 9.17) is 0 Å². The van der Waals surface area contributed by atoms with Gasteiger partial charge in [0.1, 0.15) is 6.04 Å². The van der Waals surface area contributed by atoms with Gasteiger partial charge < -0.3 is 10.6 Å². The molecule has 9 nitrogen and oxygen atoms in total. The molecule has 0 saturated heterocycles. The molecule has 0 radical (unpaired) electrons. The van der Waals surface area contributed by atoms with Gasteiger partial charge in [-0.25, -0.2) is 9.78 Å². The molecule has 2 aromatic heterocycles. The first-order valence-corrected chi connectivity index (χ1v) is 10.7. The van der Waals surface area contributed by atoms with Gasteiger partial charge in [-0.3, -0.25) is 23.9 Å². The third-order valence-electron chi connectivity index (χ3n) is 5.58. The van der Waals surface area contributed by atoms with Gasteiger partial charge in [0.05, 0.1) is 10.9 Å². The first-order valence-electron chi connectivity index (χ1n) is 10.7. The summed E-state index contributed by atoms with van der Waals surface area (Å²) in [6.45, 7) is 3.98. The Morgan fingerprint density at radius 2 is 1.94 bits per heavy atom. The average molecular weight is 435 g/mol. The summed E-state index contributed by atoms with van der Waals surface area (Å²) >= 11 is 0. The van der Waals surface area contributed by atoms with Gasteiger partial charge >= 0.3 is 5.69 Å². The topological polar surface area (TPSA) is 126 Å². The molecule has 2 amide bonds. The second kappa shape index (κ2) is 8.78. The molecule has 3 N–H and O–H groups in total. The highest BCUT2D eigenvalue weighted by Crippen LogP contribution is 2.39. The summed E-state index contributed by atoms with van der Waals surface area (Å²) in [5.74, 6) is -0.701. The zero-order valence-electron chi connectivity index (χ0n) is 18.0. The van der Waals surface area contributed by atoms with E-state index in [9.17, 15) is 19.2 Å². The van der Waals surface area contributed by atoms with Crippen molar-refractivity contribution in [3.63, 3.8) is 0 Å². The molecule has 1 aliphatic carbocycles. The minimum atomic E-state index is -0.824. The van der Waals surface area contributed by atoms with Crippen LogP contribution in [0.25, 0.3) is 11.0 Å². The lowest BCUT2D eigenvalue weighted by Crippen LogP contribution is -2.45. The molecule has 0 bridgehead atoms. The number of hydrogen-bond acceptors (Lipinski definition) is 5. The summed E-state index contributed by atoms with van der Waals surface area (Å²) in [7, 11) is 0. The molecule has 1 atom stereocenters. The number of pyridine rings is 1. The molecule has 2 heterocycles. The molecule has 1 aromatic carbocycles. The predicted molar refractivity (Wildman–Crippen MR) is 119 cm³/mol. The molecule has 9 heteroatoms. The van der Waals surface area contributed by atoms with Crippen LogP contribution in [0.4, 0.5) is 0 Å². The van der Waals surface area contributed by atoms with Gasteiger partial charge in [0.25, 0.3) is 11.5 Å². The van der Waals surface area contributed by atoms with Gasteiger partial charge in [0.15, 0.2) is 5.65 Å². The van der Waals surface area contributed by atoms with Crippen LogP contribution >= 0.6 is 0 Å². The maximum Gasteiger partial charge on any atom is 0.329 e. The van der Waals surface area contributed by atoms with Gasteiger partial charge in [-0.15, -0.1) is 0 Å². The van der Waals surface area contributed by atoms with Crippen LogP contribution in [0.5, 0.6) is 0 Å². The Morgan fingerprint density at radius 1 is 1.22 bits per heavy atom. The number of aryl methyl sites for hydroxylation is 1. The first kappa shape index (κ1) is 21.5. The Labute approximate surface area is 183 Å². The summed E-state index contributed by atoms with van der Waals surface area (Å²) in [5.41, 5.74) is 0.690. The number of amides is 2. The number of hydrogen-bond donors (Lipinski definition) is 3.